The number of halogens is 2. The van der Waals surface area contributed by atoms with Crippen LogP contribution in [0, 0.1) is 0 Å². The summed E-state index contributed by atoms with van der Waals surface area (Å²) in [5.74, 6) is -0.0437. The highest BCUT2D eigenvalue weighted by Gasteiger charge is 2.39. The van der Waals surface area contributed by atoms with Crippen molar-refractivity contribution < 1.29 is 13.6 Å². The zero-order valence-corrected chi connectivity index (χ0v) is 17.7. The average Bonchev–Trinajstić information content (AvgIpc) is 2.87. The van der Waals surface area contributed by atoms with Crippen LogP contribution in [0.4, 0.5) is 20.2 Å². The van der Waals surface area contributed by atoms with E-state index in [2.05, 4.69) is 37.6 Å². The van der Waals surface area contributed by atoms with Crippen molar-refractivity contribution in [2.75, 3.05) is 10.7 Å². The van der Waals surface area contributed by atoms with Gasteiger partial charge in [0.25, 0.3) is 0 Å². The number of hydrogen-bond donors (Lipinski definition) is 2. The Morgan fingerprint density at radius 2 is 2.00 bits per heavy atom. The van der Waals surface area contributed by atoms with Gasteiger partial charge in [0, 0.05) is 5.69 Å². The smallest absolute Gasteiger partial charge is 0.311 e. The Kier molecular flexibility index (Phi) is 5.53. The third kappa shape index (κ3) is 3.69. The van der Waals surface area contributed by atoms with Gasteiger partial charge in [-0.2, -0.15) is 13.8 Å². The van der Waals surface area contributed by atoms with Crippen LogP contribution in [0.25, 0.3) is 0 Å². The minimum atomic E-state index is -2.80. The fourth-order valence-electron chi connectivity index (χ4n) is 5.03. The Labute approximate surface area is 176 Å². The number of rotatable bonds is 4. The molecule has 1 heterocycles. The fraction of sp³-hybridized carbons (Fsp3) is 0.458. The lowest BCUT2D eigenvalue weighted by Gasteiger charge is -2.29. The highest BCUT2D eigenvalue weighted by Crippen LogP contribution is 2.50. The molecule has 30 heavy (non-hydrogen) atoms. The van der Waals surface area contributed by atoms with E-state index in [4.69, 9.17) is 0 Å². The van der Waals surface area contributed by atoms with Crippen LogP contribution in [0.2, 0.25) is 0 Å². The lowest BCUT2D eigenvalue weighted by atomic mass is 9.86. The first-order valence-corrected chi connectivity index (χ1v) is 10.7. The number of nitrogens with one attached hydrogen (secondary N) is 2. The number of nitrogens with zero attached hydrogens (tertiary/aromatic N) is 1. The molecule has 2 N–H and O–H groups in total. The number of carbonyl (C=O) groups is 1. The molecule has 2 aliphatic rings. The van der Waals surface area contributed by atoms with E-state index in [9.17, 15) is 13.6 Å². The monoisotopic (exact) mass is 413 g/mol. The van der Waals surface area contributed by atoms with Crippen molar-refractivity contribution in [3.05, 3.63) is 59.2 Å². The molecule has 4 nitrogen and oxygen atoms in total. The van der Waals surface area contributed by atoms with Crippen molar-refractivity contribution in [2.45, 2.75) is 70.4 Å². The molecule has 0 aromatic heterocycles. The Bertz CT molecular complexity index is 944. The van der Waals surface area contributed by atoms with Crippen LogP contribution in [-0.2, 0) is 16.6 Å². The number of carbonyl (C=O) groups excluding carboxylic acids is 1. The zero-order chi connectivity index (χ0) is 21.5. The number of fused-ring (bicyclic) bond motifs is 2. The molecule has 160 valence electrons. The van der Waals surface area contributed by atoms with Crippen molar-refractivity contribution in [1.82, 2.24) is 5.01 Å². The Morgan fingerprint density at radius 3 is 2.73 bits per heavy atom. The van der Waals surface area contributed by atoms with Crippen LogP contribution in [0.1, 0.15) is 62.6 Å². The third-order valence-electron chi connectivity index (χ3n) is 6.55. The summed E-state index contributed by atoms with van der Waals surface area (Å²) in [6.07, 6.45) is 2.88. The second kappa shape index (κ2) is 7.99. The quantitative estimate of drug-likeness (QED) is 0.635. The zero-order valence-electron chi connectivity index (χ0n) is 17.7. The van der Waals surface area contributed by atoms with E-state index in [1.807, 2.05) is 24.3 Å². The standard InChI is InChI=1S/C24H29F2N3O/c1-4-15-14-24(2,3)17-9-7-11-19(21(15)17)27-22(30)20-13-12-16-8-5-6-10-18(16)28-29(20)23(25)26/h5-11,15,20,23,28H,4,12-14H2,1-3H3,(H,27,30). The van der Waals surface area contributed by atoms with E-state index in [1.54, 1.807) is 12.1 Å². The van der Waals surface area contributed by atoms with Crippen LogP contribution in [-0.4, -0.2) is 23.5 Å². The van der Waals surface area contributed by atoms with Gasteiger partial charge in [0.05, 0.1) is 5.69 Å². The molecule has 2 aromatic carbocycles. The van der Waals surface area contributed by atoms with Crippen molar-refractivity contribution in [3.8, 4) is 0 Å². The summed E-state index contributed by atoms with van der Waals surface area (Å²) in [4.78, 5) is 13.2. The minimum absolute atomic E-state index is 0.0390. The topological polar surface area (TPSA) is 44.4 Å². The predicted octanol–water partition coefficient (Wildman–Crippen LogP) is 5.67. The van der Waals surface area contributed by atoms with Gasteiger partial charge >= 0.3 is 6.55 Å². The fourth-order valence-corrected chi connectivity index (χ4v) is 5.03. The van der Waals surface area contributed by atoms with Gasteiger partial charge in [-0.1, -0.05) is 51.1 Å². The summed E-state index contributed by atoms with van der Waals surface area (Å²) in [6.45, 7) is 3.80. The number of aryl methyl sites for hydroxylation is 1. The van der Waals surface area contributed by atoms with Gasteiger partial charge in [-0.3, -0.25) is 4.79 Å². The van der Waals surface area contributed by atoms with Gasteiger partial charge in [-0.25, -0.2) is 0 Å². The minimum Gasteiger partial charge on any atom is -0.324 e. The first-order chi connectivity index (χ1) is 14.3. The summed E-state index contributed by atoms with van der Waals surface area (Å²) in [5.41, 5.74) is 7.54. The molecule has 2 unspecified atom stereocenters. The van der Waals surface area contributed by atoms with Crippen molar-refractivity contribution in [1.29, 1.82) is 0 Å². The summed E-state index contributed by atoms with van der Waals surface area (Å²) < 4.78 is 27.7. The first-order valence-electron chi connectivity index (χ1n) is 10.7. The lowest BCUT2D eigenvalue weighted by molar-refractivity contribution is -0.127. The molecule has 1 amide bonds. The second-order valence-electron chi connectivity index (χ2n) is 8.96. The van der Waals surface area contributed by atoms with Crippen molar-refractivity contribution >= 4 is 17.3 Å². The summed E-state index contributed by atoms with van der Waals surface area (Å²) in [7, 11) is 0. The van der Waals surface area contributed by atoms with E-state index < -0.39 is 18.5 Å². The maximum absolute atomic E-state index is 13.9. The average molecular weight is 414 g/mol. The van der Waals surface area contributed by atoms with Crippen molar-refractivity contribution in [3.63, 3.8) is 0 Å². The molecule has 0 bridgehead atoms. The van der Waals surface area contributed by atoms with Crippen LogP contribution in [0.3, 0.4) is 0 Å². The molecule has 6 heteroatoms. The van der Waals surface area contributed by atoms with Crippen LogP contribution >= 0.6 is 0 Å². The van der Waals surface area contributed by atoms with Crippen LogP contribution in [0.5, 0.6) is 0 Å². The van der Waals surface area contributed by atoms with Gasteiger partial charge in [-0.05, 0) is 65.8 Å². The normalized spacial score (nSPS) is 22.7. The number of alkyl halides is 2. The number of hydrogen-bond acceptors (Lipinski definition) is 3. The van der Waals surface area contributed by atoms with E-state index in [0.717, 1.165) is 34.7 Å². The Balaban J connectivity index is 1.62. The third-order valence-corrected chi connectivity index (χ3v) is 6.55. The SMILES string of the molecule is CCC1CC(C)(C)c2cccc(NC(=O)C3CCc4ccccc4NN3C(F)F)c21. The maximum Gasteiger partial charge on any atom is 0.311 e. The van der Waals surface area contributed by atoms with Gasteiger partial charge in [0.1, 0.15) is 6.04 Å². The summed E-state index contributed by atoms with van der Waals surface area (Å²) in [6, 6.07) is 12.3. The van der Waals surface area contributed by atoms with E-state index in [1.165, 1.54) is 5.56 Å². The van der Waals surface area contributed by atoms with E-state index >= 15 is 0 Å². The Morgan fingerprint density at radius 1 is 1.23 bits per heavy atom. The number of benzene rings is 2. The van der Waals surface area contributed by atoms with Crippen LogP contribution in [0.15, 0.2) is 42.5 Å². The number of amides is 1. The molecular formula is C24H29F2N3O. The lowest BCUT2D eigenvalue weighted by Crippen LogP contribution is -2.49. The molecule has 0 saturated heterocycles. The first kappa shape index (κ1) is 20.8. The number of para-hydroxylation sites is 1. The van der Waals surface area contributed by atoms with Gasteiger partial charge < -0.3 is 10.7 Å². The second-order valence-corrected chi connectivity index (χ2v) is 8.96. The predicted molar refractivity (Wildman–Crippen MR) is 116 cm³/mol. The van der Waals surface area contributed by atoms with E-state index in [-0.39, 0.29) is 5.41 Å². The largest absolute Gasteiger partial charge is 0.324 e. The van der Waals surface area contributed by atoms with Crippen molar-refractivity contribution in [2.24, 2.45) is 0 Å². The van der Waals surface area contributed by atoms with Gasteiger partial charge in [0.15, 0.2) is 0 Å². The molecule has 0 saturated carbocycles. The van der Waals surface area contributed by atoms with Gasteiger partial charge in [-0.15, -0.1) is 0 Å². The number of hydrazine groups is 1. The van der Waals surface area contributed by atoms with E-state index in [0.29, 0.717) is 24.4 Å². The molecule has 2 aromatic rings. The molecule has 1 aliphatic heterocycles. The van der Waals surface area contributed by atoms with Crippen LogP contribution < -0.4 is 10.7 Å². The number of anilines is 2. The highest BCUT2D eigenvalue weighted by atomic mass is 19.3. The molecule has 0 spiro atoms. The molecular weight excluding hydrogens is 384 g/mol. The molecule has 2 atom stereocenters. The summed E-state index contributed by atoms with van der Waals surface area (Å²) in [5, 5.41) is 3.78. The maximum atomic E-state index is 13.9. The molecule has 0 fully saturated rings. The summed E-state index contributed by atoms with van der Waals surface area (Å²) >= 11 is 0. The molecule has 0 radical (unpaired) electrons. The molecule has 4 rings (SSSR count). The van der Waals surface area contributed by atoms with Gasteiger partial charge in [0.2, 0.25) is 5.91 Å². The Hall–Kier alpha value is -2.47. The molecule has 1 aliphatic carbocycles. The highest BCUT2D eigenvalue weighted by molar-refractivity contribution is 5.96.